The second-order valence-corrected chi connectivity index (χ2v) is 16.3. The number of hydrogen-bond donors (Lipinski definition) is 0. The minimum Gasteiger partial charge on any atom is -0.544 e. The van der Waals surface area contributed by atoms with Gasteiger partial charge in [0.15, 0.2) is 6.10 Å². The predicted molar refractivity (Wildman–Crippen MR) is 258 cm³/mol. The van der Waals surface area contributed by atoms with Crippen LogP contribution in [0.15, 0.2) is 122 Å². The molecule has 0 aliphatic carbocycles. The first kappa shape index (κ1) is 57.7. The lowest BCUT2D eigenvalue weighted by Gasteiger charge is -2.34. The largest absolute Gasteiger partial charge is 0.544 e. The third-order valence-corrected chi connectivity index (χ3v) is 9.72. The first-order chi connectivity index (χ1) is 30.1. The van der Waals surface area contributed by atoms with E-state index in [2.05, 4.69) is 86.8 Å². The summed E-state index contributed by atoms with van der Waals surface area (Å²) in [6, 6.07) is -0.743. The average Bonchev–Trinajstić information content (AvgIpc) is 3.23. The molecule has 2 unspecified atom stereocenters. The van der Waals surface area contributed by atoms with Crippen LogP contribution in [0, 0.1) is 0 Å². The van der Waals surface area contributed by atoms with Gasteiger partial charge in [0.1, 0.15) is 12.6 Å². The van der Waals surface area contributed by atoms with E-state index in [1.165, 1.54) is 19.3 Å². The lowest BCUT2D eigenvalue weighted by molar-refractivity contribution is -0.889. The van der Waals surface area contributed by atoms with Crippen molar-refractivity contribution in [2.24, 2.45) is 0 Å². The summed E-state index contributed by atoms with van der Waals surface area (Å²) in [5.74, 6) is -1.82. The number of rotatable bonds is 40. The van der Waals surface area contributed by atoms with E-state index in [4.69, 9.17) is 14.2 Å². The molecule has 0 radical (unpaired) electrons. The average molecular weight is 860 g/mol. The van der Waals surface area contributed by atoms with Gasteiger partial charge in [-0.05, 0) is 77.0 Å². The van der Waals surface area contributed by atoms with E-state index in [0.717, 1.165) is 89.9 Å². The van der Waals surface area contributed by atoms with Gasteiger partial charge < -0.3 is 28.6 Å². The Morgan fingerprint density at radius 1 is 0.500 bits per heavy atom. The monoisotopic (exact) mass is 860 g/mol. The Labute approximate surface area is 378 Å². The van der Waals surface area contributed by atoms with Crippen LogP contribution in [0.5, 0.6) is 0 Å². The highest BCUT2D eigenvalue weighted by Gasteiger charge is 2.25. The molecule has 0 aromatic heterocycles. The summed E-state index contributed by atoms with van der Waals surface area (Å²) < 4.78 is 17.1. The zero-order valence-electron chi connectivity index (χ0n) is 39.5. The number of hydrogen-bond acceptors (Lipinski definition) is 7. The van der Waals surface area contributed by atoms with Crippen LogP contribution in [0.1, 0.15) is 149 Å². The Morgan fingerprint density at radius 2 is 0.935 bits per heavy atom. The Bertz CT molecular complexity index is 1420. The third kappa shape index (κ3) is 41.1. The van der Waals surface area contributed by atoms with Crippen molar-refractivity contribution in [3.8, 4) is 0 Å². The molecule has 0 N–H and O–H groups in total. The Hall–Kier alpha value is -4.27. The molecule has 0 bridgehead atoms. The van der Waals surface area contributed by atoms with Gasteiger partial charge in [0.25, 0.3) is 0 Å². The SMILES string of the molecule is CC/C=C/C=C/C=C/C=C/C=C/CCCCCC(=O)OCC(COCCC(C(=O)[O-])[N+](C)(C)C)OC(=O)CCCCCCCCC/C=C/C/C=C/C/C=C/C/C=C/C/C=C/CC. The smallest absolute Gasteiger partial charge is 0.306 e. The molecule has 0 aliphatic rings. The maximum absolute atomic E-state index is 12.8. The number of nitrogens with zero attached hydrogens (tertiary/aromatic N) is 1. The molecule has 0 spiro atoms. The minimum atomic E-state index is -1.14. The van der Waals surface area contributed by atoms with Gasteiger partial charge in [-0.3, -0.25) is 9.59 Å². The number of aliphatic carboxylic acids is 1. The highest BCUT2D eigenvalue weighted by molar-refractivity contribution is 5.70. The molecule has 0 saturated heterocycles. The number of quaternary nitrogens is 1. The van der Waals surface area contributed by atoms with E-state index < -0.39 is 18.1 Å². The Balaban J connectivity index is 4.40. The van der Waals surface area contributed by atoms with Crippen LogP contribution in [-0.2, 0) is 28.6 Å². The maximum Gasteiger partial charge on any atom is 0.306 e. The summed E-state index contributed by atoms with van der Waals surface area (Å²) in [6.45, 7) is 4.32. The number of allylic oxidation sites excluding steroid dienone is 20. The number of carbonyl (C=O) groups is 3. The van der Waals surface area contributed by atoms with E-state index in [-0.39, 0.29) is 55.5 Å². The number of carboxylic acids is 1. The molecule has 0 rings (SSSR count). The Morgan fingerprint density at radius 3 is 1.47 bits per heavy atom. The van der Waals surface area contributed by atoms with Crippen molar-refractivity contribution >= 4 is 17.9 Å². The van der Waals surface area contributed by atoms with E-state index in [1.807, 2.05) is 48.6 Å². The highest BCUT2D eigenvalue weighted by Crippen LogP contribution is 2.13. The van der Waals surface area contributed by atoms with Gasteiger partial charge in [0.05, 0.1) is 40.3 Å². The maximum atomic E-state index is 12.8. The summed E-state index contributed by atoms with van der Waals surface area (Å²) >= 11 is 0. The first-order valence-corrected chi connectivity index (χ1v) is 23.6. The third-order valence-electron chi connectivity index (χ3n) is 9.72. The van der Waals surface area contributed by atoms with Crippen molar-refractivity contribution in [1.82, 2.24) is 0 Å². The van der Waals surface area contributed by atoms with E-state index >= 15 is 0 Å². The standard InChI is InChI=1S/C54H85NO7/c1-6-8-10-12-14-16-18-20-22-23-24-25-26-27-28-29-31-33-35-37-39-41-43-45-53(57)62-50(48-60-47-46-51(54(58)59)55(3,4)5)49-61-52(56)44-42-40-38-36-34-32-30-21-19-17-15-13-11-9-7-2/h8-11,13-17,19-22,24-25,27-28,30,32,34,50-51H,6-7,12,18,23,26,29,31,33,35-49H2,1-5H3/b10-8+,11-9+,15-13+,16-14+,19-17+,22-20+,25-24+,28-27+,30-21+,34-32+. The minimum absolute atomic E-state index is 0.0130. The van der Waals surface area contributed by atoms with Crippen molar-refractivity contribution in [3.63, 3.8) is 0 Å². The van der Waals surface area contributed by atoms with E-state index in [0.29, 0.717) is 6.42 Å². The van der Waals surface area contributed by atoms with Crippen molar-refractivity contribution in [2.45, 2.75) is 161 Å². The zero-order valence-corrected chi connectivity index (χ0v) is 39.5. The molecule has 0 aromatic carbocycles. The van der Waals surface area contributed by atoms with Gasteiger partial charge in [-0.1, -0.05) is 174 Å². The first-order valence-electron chi connectivity index (χ1n) is 23.6. The Kier molecular flexibility index (Phi) is 40.4. The predicted octanol–water partition coefficient (Wildman–Crippen LogP) is 12.1. The van der Waals surface area contributed by atoms with Crippen LogP contribution in [0.3, 0.4) is 0 Å². The summed E-state index contributed by atoms with van der Waals surface area (Å²) in [5, 5.41) is 11.6. The van der Waals surface area contributed by atoms with E-state index in [9.17, 15) is 19.5 Å². The van der Waals surface area contributed by atoms with Crippen LogP contribution in [0.2, 0.25) is 0 Å². The second kappa shape index (κ2) is 43.4. The lowest BCUT2D eigenvalue weighted by Crippen LogP contribution is -2.55. The molecule has 8 nitrogen and oxygen atoms in total. The summed E-state index contributed by atoms with van der Waals surface area (Å²) in [4.78, 5) is 36.9. The summed E-state index contributed by atoms with van der Waals surface area (Å²) in [5.41, 5.74) is 0. The van der Waals surface area contributed by atoms with Crippen molar-refractivity contribution in [1.29, 1.82) is 0 Å². The summed E-state index contributed by atoms with van der Waals surface area (Å²) in [7, 11) is 5.38. The molecule has 62 heavy (non-hydrogen) atoms. The van der Waals surface area contributed by atoms with Gasteiger partial charge in [0, 0.05) is 19.3 Å². The number of esters is 2. The molecule has 0 fully saturated rings. The van der Waals surface area contributed by atoms with Crippen LogP contribution >= 0.6 is 0 Å². The van der Waals surface area contributed by atoms with Gasteiger partial charge >= 0.3 is 11.9 Å². The molecular weight excluding hydrogens is 775 g/mol. The van der Waals surface area contributed by atoms with Gasteiger partial charge in [0.2, 0.25) is 0 Å². The molecule has 0 saturated carbocycles. The lowest BCUT2D eigenvalue weighted by atomic mass is 10.1. The molecule has 2 atom stereocenters. The molecule has 348 valence electrons. The fraction of sp³-hybridized carbons (Fsp3) is 0.574. The van der Waals surface area contributed by atoms with E-state index in [1.54, 1.807) is 21.1 Å². The number of carbonyl (C=O) groups excluding carboxylic acids is 3. The van der Waals surface area contributed by atoms with Crippen molar-refractivity contribution < 1.29 is 38.2 Å². The van der Waals surface area contributed by atoms with Gasteiger partial charge in [-0.15, -0.1) is 0 Å². The number of ether oxygens (including phenoxy) is 3. The molecule has 8 heteroatoms. The quantitative estimate of drug-likeness (QED) is 0.0199. The topological polar surface area (TPSA) is 102 Å². The molecular formula is C54H85NO7. The van der Waals surface area contributed by atoms with Crippen molar-refractivity contribution in [2.75, 3.05) is 41.0 Å². The molecule has 0 aromatic rings. The molecule has 0 heterocycles. The van der Waals surface area contributed by atoms with Gasteiger partial charge in [-0.2, -0.15) is 0 Å². The molecule has 0 aliphatic heterocycles. The van der Waals surface area contributed by atoms with Crippen LogP contribution in [-0.4, -0.2) is 75.5 Å². The van der Waals surface area contributed by atoms with Crippen LogP contribution in [0.4, 0.5) is 0 Å². The zero-order chi connectivity index (χ0) is 45.6. The van der Waals surface area contributed by atoms with Gasteiger partial charge in [-0.25, -0.2) is 0 Å². The highest BCUT2D eigenvalue weighted by atomic mass is 16.6. The van der Waals surface area contributed by atoms with Crippen LogP contribution < -0.4 is 5.11 Å². The van der Waals surface area contributed by atoms with Crippen LogP contribution in [0.25, 0.3) is 0 Å². The normalized spacial score (nSPS) is 14.0. The molecule has 0 amide bonds. The van der Waals surface area contributed by atoms with Crippen molar-refractivity contribution in [3.05, 3.63) is 122 Å². The number of unbranched alkanes of at least 4 members (excludes halogenated alkanes) is 10. The number of carboxylic acid groups (broad SMARTS) is 1. The second-order valence-electron chi connectivity index (χ2n) is 16.3. The number of likely N-dealkylation sites (N-methyl/N-ethyl adjacent to an activating group) is 1. The fourth-order valence-corrected chi connectivity index (χ4v) is 6.12. The fourth-order valence-electron chi connectivity index (χ4n) is 6.12. The summed E-state index contributed by atoms with van der Waals surface area (Å²) in [6.07, 6.45) is 60.8.